The van der Waals surface area contributed by atoms with Crippen LogP contribution in [0.15, 0.2) is 47.2 Å². The van der Waals surface area contributed by atoms with Crippen molar-refractivity contribution in [2.45, 2.75) is 12.5 Å². The molecule has 0 spiro atoms. The highest BCUT2D eigenvalue weighted by Gasteiger charge is 2.34. The van der Waals surface area contributed by atoms with Gasteiger partial charge in [0.05, 0.1) is 11.6 Å². The van der Waals surface area contributed by atoms with Crippen LogP contribution in [0, 0.1) is 11.6 Å². The smallest absolute Gasteiger partial charge is 0.257 e. The predicted octanol–water partition coefficient (Wildman–Crippen LogP) is 4.88. The lowest BCUT2D eigenvalue weighted by atomic mass is 9.97. The van der Waals surface area contributed by atoms with E-state index in [2.05, 4.69) is 0 Å². The minimum absolute atomic E-state index is 0.0864. The van der Waals surface area contributed by atoms with Crippen molar-refractivity contribution in [2.24, 2.45) is 0 Å². The van der Waals surface area contributed by atoms with Crippen LogP contribution in [0.1, 0.15) is 31.7 Å². The fraction of sp³-hybridized carbons (Fsp3) is 0.167. The van der Waals surface area contributed by atoms with Crippen molar-refractivity contribution in [1.82, 2.24) is 4.90 Å². The quantitative estimate of drug-likeness (QED) is 0.637. The van der Waals surface area contributed by atoms with Crippen LogP contribution in [0.3, 0.4) is 0 Å². The first-order chi connectivity index (χ1) is 11.6. The molecule has 1 aliphatic heterocycles. The molecule has 0 radical (unpaired) electrons. The second-order valence-corrected chi connectivity index (χ2v) is 7.57. The normalized spacial score (nSPS) is 16.9. The summed E-state index contributed by atoms with van der Waals surface area (Å²) >= 11 is 3.26. The number of nitrogens with zero attached hydrogens (tertiary/aromatic N) is 1. The van der Waals surface area contributed by atoms with E-state index in [1.165, 1.54) is 10.9 Å². The summed E-state index contributed by atoms with van der Waals surface area (Å²) in [5, 5.41) is 3.99. The summed E-state index contributed by atoms with van der Waals surface area (Å²) in [6, 6.07) is 8.86. The Bertz CT molecular complexity index is 888. The van der Waals surface area contributed by atoms with Crippen LogP contribution in [-0.2, 0) is 6.42 Å². The number of halogens is 2. The zero-order valence-electron chi connectivity index (χ0n) is 12.5. The molecule has 1 unspecified atom stereocenters. The number of thiophene rings is 2. The molecule has 1 aliphatic rings. The molecule has 0 fully saturated rings. The Kier molecular flexibility index (Phi) is 3.94. The number of hydrogen-bond acceptors (Lipinski definition) is 3. The number of hydrogen-bond donors (Lipinski definition) is 0. The summed E-state index contributed by atoms with van der Waals surface area (Å²) in [5.74, 6) is -1.90. The molecule has 1 amide bonds. The van der Waals surface area contributed by atoms with Crippen molar-refractivity contribution in [2.75, 3.05) is 6.54 Å². The highest BCUT2D eigenvalue weighted by atomic mass is 32.1. The third-order valence-electron chi connectivity index (χ3n) is 4.20. The Balaban J connectivity index is 1.77. The van der Waals surface area contributed by atoms with Crippen molar-refractivity contribution in [1.29, 1.82) is 0 Å². The van der Waals surface area contributed by atoms with Crippen LogP contribution < -0.4 is 0 Å². The predicted molar refractivity (Wildman–Crippen MR) is 91.6 cm³/mol. The molecule has 24 heavy (non-hydrogen) atoms. The summed E-state index contributed by atoms with van der Waals surface area (Å²) in [6.07, 6.45) is 0.753. The number of fused-ring (bicyclic) bond motifs is 1. The maximum atomic E-state index is 14.1. The topological polar surface area (TPSA) is 20.3 Å². The van der Waals surface area contributed by atoms with Gasteiger partial charge in [-0.3, -0.25) is 4.79 Å². The number of carbonyl (C=O) groups excluding carboxylic acids is 1. The van der Waals surface area contributed by atoms with E-state index in [1.807, 2.05) is 29.0 Å². The van der Waals surface area contributed by atoms with Crippen LogP contribution in [0.5, 0.6) is 0 Å². The number of amides is 1. The van der Waals surface area contributed by atoms with Crippen molar-refractivity contribution < 1.29 is 13.6 Å². The Hall–Kier alpha value is -2.05. The minimum atomic E-state index is -0.818. The molecule has 122 valence electrons. The van der Waals surface area contributed by atoms with Gasteiger partial charge in [0.15, 0.2) is 0 Å². The van der Waals surface area contributed by atoms with E-state index in [0.717, 1.165) is 29.0 Å². The number of benzene rings is 1. The number of carbonyl (C=O) groups is 1. The van der Waals surface area contributed by atoms with Crippen LogP contribution in [0.4, 0.5) is 8.78 Å². The monoisotopic (exact) mass is 361 g/mol. The Morgan fingerprint density at radius 1 is 1.12 bits per heavy atom. The van der Waals surface area contributed by atoms with Gasteiger partial charge in [-0.25, -0.2) is 8.78 Å². The third-order valence-corrected chi connectivity index (χ3v) is 6.12. The molecule has 6 heteroatoms. The molecular weight excluding hydrogens is 348 g/mol. The molecule has 0 bridgehead atoms. The van der Waals surface area contributed by atoms with Gasteiger partial charge in [0, 0.05) is 22.4 Å². The fourth-order valence-electron chi connectivity index (χ4n) is 3.11. The van der Waals surface area contributed by atoms with Crippen molar-refractivity contribution in [3.63, 3.8) is 0 Å². The molecule has 0 saturated carbocycles. The zero-order chi connectivity index (χ0) is 16.7. The van der Waals surface area contributed by atoms with Gasteiger partial charge in [-0.2, -0.15) is 0 Å². The molecule has 0 saturated heterocycles. The molecule has 3 aromatic rings. The van der Waals surface area contributed by atoms with E-state index in [-0.39, 0.29) is 11.6 Å². The summed E-state index contributed by atoms with van der Waals surface area (Å²) in [5.41, 5.74) is 1.02. The summed E-state index contributed by atoms with van der Waals surface area (Å²) in [4.78, 5) is 16.9. The van der Waals surface area contributed by atoms with E-state index in [0.29, 0.717) is 6.54 Å². The lowest BCUT2D eigenvalue weighted by molar-refractivity contribution is 0.0694. The molecule has 4 rings (SSSR count). The first-order valence-electron chi connectivity index (χ1n) is 7.51. The maximum absolute atomic E-state index is 14.1. The summed E-state index contributed by atoms with van der Waals surface area (Å²) in [7, 11) is 0. The first kappa shape index (κ1) is 15.5. The highest BCUT2D eigenvalue weighted by Crippen LogP contribution is 2.40. The molecule has 2 aromatic heterocycles. The van der Waals surface area contributed by atoms with Gasteiger partial charge in [-0.1, -0.05) is 6.07 Å². The highest BCUT2D eigenvalue weighted by molar-refractivity contribution is 7.10. The third kappa shape index (κ3) is 2.56. The molecule has 0 N–H and O–H groups in total. The standard InChI is InChI=1S/C18H13F2NOS2/c19-11-3-4-12(14(20)10-11)18(22)21-7-5-15-13(6-9-24-15)17(21)16-2-1-8-23-16/h1-4,6,8-10,17H,5,7H2. The van der Waals surface area contributed by atoms with Gasteiger partial charge in [0.25, 0.3) is 5.91 Å². The minimum Gasteiger partial charge on any atom is -0.326 e. The van der Waals surface area contributed by atoms with Gasteiger partial charge >= 0.3 is 0 Å². The summed E-state index contributed by atoms with van der Waals surface area (Å²) in [6.45, 7) is 0.520. The van der Waals surface area contributed by atoms with Crippen LogP contribution >= 0.6 is 22.7 Å². The van der Waals surface area contributed by atoms with Gasteiger partial charge in [0.1, 0.15) is 11.6 Å². The fourth-order valence-corrected chi connectivity index (χ4v) is 4.86. The maximum Gasteiger partial charge on any atom is 0.257 e. The van der Waals surface area contributed by atoms with E-state index < -0.39 is 17.5 Å². The average Bonchev–Trinajstić information content (AvgIpc) is 3.24. The van der Waals surface area contributed by atoms with E-state index in [1.54, 1.807) is 27.6 Å². The molecule has 1 atom stereocenters. The van der Waals surface area contributed by atoms with E-state index >= 15 is 0 Å². The lowest BCUT2D eigenvalue weighted by Crippen LogP contribution is -2.40. The second-order valence-electron chi connectivity index (χ2n) is 5.59. The molecule has 1 aromatic carbocycles. The average molecular weight is 361 g/mol. The molecule has 3 heterocycles. The molecule has 0 aliphatic carbocycles. The van der Waals surface area contributed by atoms with Crippen LogP contribution in [0.25, 0.3) is 0 Å². The molecular formula is C18H13F2NOS2. The number of rotatable bonds is 2. The van der Waals surface area contributed by atoms with E-state index in [4.69, 9.17) is 0 Å². The Morgan fingerprint density at radius 2 is 2.00 bits per heavy atom. The largest absolute Gasteiger partial charge is 0.326 e. The van der Waals surface area contributed by atoms with Crippen LogP contribution in [-0.4, -0.2) is 17.4 Å². The van der Waals surface area contributed by atoms with Gasteiger partial charge in [-0.05, 0) is 47.0 Å². The van der Waals surface area contributed by atoms with Crippen molar-refractivity contribution in [3.05, 3.63) is 79.7 Å². The van der Waals surface area contributed by atoms with Crippen molar-refractivity contribution in [3.8, 4) is 0 Å². The van der Waals surface area contributed by atoms with Crippen molar-refractivity contribution >= 4 is 28.6 Å². The Labute approximate surface area is 146 Å². The van der Waals surface area contributed by atoms with Crippen LogP contribution in [0.2, 0.25) is 0 Å². The first-order valence-corrected chi connectivity index (χ1v) is 9.27. The van der Waals surface area contributed by atoms with E-state index in [9.17, 15) is 13.6 Å². The zero-order valence-corrected chi connectivity index (χ0v) is 14.2. The second kappa shape index (κ2) is 6.11. The van der Waals surface area contributed by atoms with Gasteiger partial charge < -0.3 is 4.90 Å². The lowest BCUT2D eigenvalue weighted by Gasteiger charge is -2.35. The molecule has 2 nitrogen and oxygen atoms in total. The van der Waals surface area contributed by atoms with Gasteiger partial charge in [0.2, 0.25) is 0 Å². The summed E-state index contributed by atoms with van der Waals surface area (Å²) < 4.78 is 27.2. The Morgan fingerprint density at radius 3 is 2.75 bits per heavy atom. The SMILES string of the molecule is O=C(c1ccc(F)cc1F)N1CCc2sccc2C1c1cccs1. The van der Waals surface area contributed by atoms with Gasteiger partial charge in [-0.15, -0.1) is 22.7 Å².